The van der Waals surface area contributed by atoms with Gasteiger partial charge in [-0.15, -0.1) is 0 Å². The van der Waals surface area contributed by atoms with E-state index in [0.717, 1.165) is 38.5 Å². The Balaban J connectivity index is 1.51. The number of likely N-dealkylation sites (tertiary alicyclic amines) is 1. The van der Waals surface area contributed by atoms with Gasteiger partial charge in [-0.2, -0.15) is 0 Å². The Bertz CT molecular complexity index is 277. The molecule has 2 saturated heterocycles. The molecule has 1 amide bonds. The maximum Gasteiger partial charge on any atom is 0.220 e. The lowest BCUT2D eigenvalue weighted by Crippen LogP contribution is -2.40. The summed E-state index contributed by atoms with van der Waals surface area (Å²) >= 11 is 0. The van der Waals surface area contributed by atoms with Crippen LogP contribution in [0.3, 0.4) is 0 Å². The molecule has 2 N–H and O–H groups in total. The van der Waals surface area contributed by atoms with Crippen molar-refractivity contribution in [3.63, 3.8) is 0 Å². The van der Waals surface area contributed by atoms with Gasteiger partial charge in [0.25, 0.3) is 0 Å². The van der Waals surface area contributed by atoms with E-state index >= 15 is 0 Å². The van der Waals surface area contributed by atoms with Gasteiger partial charge in [-0.1, -0.05) is 6.92 Å². The Morgan fingerprint density at radius 1 is 1.42 bits per heavy atom. The van der Waals surface area contributed by atoms with Crippen LogP contribution in [0.2, 0.25) is 0 Å². The molecule has 2 aliphatic heterocycles. The fourth-order valence-electron chi connectivity index (χ4n) is 3.23. The van der Waals surface area contributed by atoms with Crippen LogP contribution in [-0.4, -0.2) is 50.1 Å². The van der Waals surface area contributed by atoms with E-state index in [4.69, 9.17) is 0 Å². The van der Waals surface area contributed by atoms with Gasteiger partial charge in [0.1, 0.15) is 0 Å². The van der Waals surface area contributed by atoms with Gasteiger partial charge in [0.05, 0.1) is 0 Å². The third-order valence-electron chi connectivity index (χ3n) is 4.43. The molecule has 0 bridgehead atoms. The highest BCUT2D eigenvalue weighted by Gasteiger charge is 2.17. The molecule has 2 aliphatic rings. The van der Waals surface area contributed by atoms with Crippen molar-refractivity contribution in [1.82, 2.24) is 15.5 Å². The predicted octanol–water partition coefficient (Wildman–Crippen LogP) is 1.22. The van der Waals surface area contributed by atoms with Gasteiger partial charge in [0, 0.05) is 26.1 Å². The molecule has 0 radical (unpaired) electrons. The van der Waals surface area contributed by atoms with Crippen LogP contribution in [0.5, 0.6) is 0 Å². The van der Waals surface area contributed by atoms with Gasteiger partial charge in [-0.05, 0) is 57.2 Å². The number of hydrogen-bond acceptors (Lipinski definition) is 3. The third kappa shape index (κ3) is 5.49. The third-order valence-corrected chi connectivity index (χ3v) is 4.43. The van der Waals surface area contributed by atoms with Crippen molar-refractivity contribution in [3.8, 4) is 0 Å². The van der Waals surface area contributed by atoms with Crippen LogP contribution in [0.4, 0.5) is 0 Å². The number of carbonyl (C=O) groups is 1. The first-order valence-electron chi connectivity index (χ1n) is 7.94. The first-order chi connectivity index (χ1) is 9.24. The second-order valence-corrected chi connectivity index (χ2v) is 6.30. The smallest absolute Gasteiger partial charge is 0.220 e. The number of piperidine rings is 1. The molecule has 0 spiro atoms. The molecule has 0 aromatic rings. The van der Waals surface area contributed by atoms with Gasteiger partial charge in [-0.25, -0.2) is 0 Å². The van der Waals surface area contributed by atoms with Gasteiger partial charge in [-0.3, -0.25) is 4.79 Å². The number of nitrogens with zero attached hydrogens (tertiary/aromatic N) is 1. The molecule has 2 heterocycles. The van der Waals surface area contributed by atoms with Gasteiger partial charge >= 0.3 is 0 Å². The second kappa shape index (κ2) is 7.85. The minimum Gasteiger partial charge on any atom is -0.355 e. The van der Waals surface area contributed by atoms with E-state index in [9.17, 15) is 4.79 Å². The Morgan fingerprint density at radius 3 is 3.05 bits per heavy atom. The summed E-state index contributed by atoms with van der Waals surface area (Å²) in [6.45, 7) is 8.77. The summed E-state index contributed by atoms with van der Waals surface area (Å²) in [5.74, 6) is 1.77. The van der Waals surface area contributed by atoms with E-state index in [0.29, 0.717) is 12.3 Å². The lowest BCUT2D eigenvalue weighted by atomic mass is 10.0. The quantitative estimate of drug-likeness (QED) is 0.761. The van der Waals surface area contributed by atoms with Crippen molar-refractivity contribution in [2.45, 2.75) is 39.0 Å². The summed E-state index contributed by atoms with van der Waals surface area (Å²) in [6, 6.07) is 0. The highest BCUT2D eigenvalue weighted by atomic mass is 16.1. The van der Waals surface area contributed by atoms with Gasteiger partial charge < -0.3 is 15.5 Å². The minimum atomic E-state index is 0.233. The van der Waals surface area contributed by atoms with Gasteiger partial charge in [0.15, 0.2) is 0 Å². The Labute approximate surface area is 117 Å². The zero-order valence-corrected chi connectivity index (χ0v) is 12.3. The fraction of sp³-hybridized carbons (Fsp3) is 0.933. The summed E-state index contributed by atoms with van der Waals surface area (Å²) in [5, 5.41) is 6.42. The molecule has 2 rings (SSSR count). The SMILES string of the molecule is CC1CCCN(CCNC(=O)CCC2CCNC2)C1. The maximum atomic E-state index is 11.8. The zero-order chi connectivity index (χ0) is 13.5. The first-order valence-corrected chi connectivity index (χ1v) is 7.94. The summed E-state index contributed by atoms with van der Waals surface area (Å²) in [7, 11) is 0. The van der Waals surface area contributed by atoms with E-state index in [-0.39, 0.29) is 5.91 Å². The van der Waals surface area contributed by atoms with Crippen LogP contribution >= 0.6 is 0 Å². The van der Waals surface area contributed by atoms with Crippen molar-refractivity contribution < 1.29 is 4.79 Å². The van der Waals surface area contributed by atoms with Crippen LogP contribution < -0.4 is 10.6 Å². The molecule has 4 heteroatoms. The van der Waals surface area contributed by atoms with Crippen LogP contribution in [-0.2, 0) is 4.79 Å². The molecule has 0 aromatic carbocycles. The predicted molar refractivity (Wildman–Crippen MR) is 78.1 cm³/mol. The lowest BCUT2D eigenvalue weighted by molar-refractivity contribution is -0.121. The highest BCUT2D eigenvalue weighted by molar-refractivity contribution is 5.75. The van der Waals surface area contributed by atoms with Crippen LogP contribution in [0.15, 0.2) is 0 Å². The Hall–Kier alpha value is -0.610. The number of amides is 1. The van der Waals surface area contributed by atoms with E-state index in [1.807, 2.05) is 0 Å². The van der Waals surface area contributed by atoms with Crippen molar-refractivity contribution in [3.05, 3.63) is 0 Å². The number of hydrogen-bond donors (Lipinski definition) is 2. The van der Waals surface area contributed by atoms with Gasteiger partial charge in [0.2, 0.25) is 5.91 Å². The van der Waals surface area contributed by atoms with Crippen LogP contribution in [0, 0.1) is 11.8 Å². The minimum absolute atomic E-state index is 0.233. The molecule has 2 unspecified atom stereocenters. The highest BCUT2D eigenvalue weighted by Crippen LogP contribution is 2.15. The summed E-state index contributed by atoms with van der Waals surface area (Å²) in [5.41, 5.74) is 0. The van der Waals surface area contributed by atoms with E-state index in [1.165, 1.54) is 32.4 Å². The Morgan fingerprint density at radius 2 is 2.32 bits per heavy atom. The molecule has 0 saturated carbocycles. The molecule has 4 nitrogen and oxygen atoms in total. The first kappa shape index (κ1) is 14.8. The van der Waals surface area contributed by atoms with E-state index in [2.05, 4.69) is 22.5 Å². The normalized spacial score (nSPS) is 28.5. The molecule has 0 aliphatic carbocycles. The van der Waals surface area contributed by atoms with Crippen molar-refractivity contribution >= 4 is 5.91 Å². The van der Waals surface area contributed by atoms with Crippen molar-refractivity contribution in [1.29, 1.82) is 0 Å². The van der Waals surface area contributed by atoms with E-state index < -0.39 is 0 Å². The summed E-state index contributed by atoms with van der Waals surface area (Å²) in [6.07, 6.45) is 5.64. The number of nitrogens with one attached hydrogen (secondary N) is 2. The molecule has 110 valence electrons. The average molecular weight is 267 g/mol. The van der Waals surface area contributed by atoms with Crippen molar-refractivity contribution in [2.75, 3.05) is 39.3 Å². The van der Waals surface area contributed by atoms with Crippen LogP contribution in [0.1, 0.15) is 39.0 Å². The molecule has 19 heavy (non-hydrogen) atoms. The largest absolute Gasteiger partial charge is 0.355 e. The monoisotopic (exact) mass is 267 g/mol. The van der Waals surface area contributed by atoms with E-state index in [1.54, 1.807) is 0 Å². The number of carbonyl (C=O) groups excluding carboxylic acids is 1. The fourth-order valence-corrected chi connectivity index (χ4v) is 3.23. The number of rotatable bonds is 6. The summed E-state index contributed by atoms with van der Waals surface area (Å²) in [4.78, 5) is 14.2. The molecular formula is C15H29N3O. The lowest BCUT2D eigenvalue weighted by Gasteiger charge is -2.30. The molecule has 2 atom stereocenters. The van der Waals surface area contributed by atoms with Crippen LogP contribution in [0.25, 0.3) is 0 Å². The standard InChI is InChI=1S/C15H29N3O/c1-13-3-2-9-18(12-13)10-8-17-15(19)5-4-14-6-7-16-11-14/h13-14,16H,2-12H2,1H3,(H,17,19). The Kier molecular flexibility index (Phi) is 6.11. The maximum absolute atomic E-state index is 11.8. The molecule has 0 aromatic heterocycles. The summed E-state index contributed by atoms with van der Waals surface area (Å²) < 4.78 is 0. The van der Waals surface area contributed by atoms with Crippen molar-refractivity contribution in [2.24, 2.45) is 11.8 Å². The molecular weight excluding hydrogens is 238 g/mol. The average Bonchev–Trinajstić information content (AvgIpc) is 2.89. The molecule has 2 fully saturated rings. The zero-order valence-electron chi connectivity index (χ0n) is 12.3. The second-order valence-electron chi connectivity index (χ2n) is 6.30. The topological polar surface area (TPSA) is 44.4 Å².